The van der Waals surface area contributed by atoms with Crippen LogP contribution in [0.15, 0.2) is 18.2 Å². The van der Waals surface area contributed by atoms with Crippen LogP contribution < -0.4 is 0 Å². The van der Waals surface area contributed by atoms with Crippen LogP contribution in [0.4, 0.5) is 0 Å². The van der Waals surface area contributed by atoms with Gasteiger partial charge in [-0.1, -0.05) is 28.1 Å². The number of Topliss-reactive ketones (excluding diaryl/α,β-unsaturated/α-hetero) is 1. The highest BCUT2D eigenvalue weighted by molar-refractivity contribution is 9.08. The Labute approximate surface area is 97.6 Å². The largest absolute Gasteiger partial charge is 0.294 e. The molecule has 0 N–H and O–H groups in total. The highest BCUT2D eigenvalue weighted by Crippen LogP contribution is 2.15. The molecular weight excluding hydrogens is 263 g/mol. The number of rotatable bonds is 4. The zero-order valence-corrected chi connectivity index (χ0v) is 10.4. The van der Waals surface area contributed by atoms with Gasteiger partial charge in [-0.15, -0.1) is 11.6 Å². The highest BCUT2D eigenvalue weighted by atomic mass is 79.9. The van der Waals surface area contributed by atoms with Crippen molar-refractivity contribution in [3.63, 3.8) is 0 Å². The summed E-state index contributed by atoms with van der Waals surface area (Å²) in [5.74, 6) is 0.511. The molecule has 0 aromatic heterocycles. The average molecular weight is 276 g/mol. The van der Waals surface area contributed by atoms with Crippen molar-refractivity contribution in [2.24, 2.45) is 0 Å². The van der Waals surface area contributed by atoms with Crippen LogP contribution in [-0.2, 0) is 5.33 Å². The number of carbonyl (C=O) groups is 1. The van der Waals surface area contributed by atoms with Crippen LogP contribution in [-0.4, -0.2) is 11.7 Å². The van der Waals surface area contributed by atoms with Gasteiger partial charge < -0.3 is 0 Å². The Bertz CT molecular complexity index is 336. The second-order valence-electron chi connectivity index (χ2n) is 3.15. The van der Waals surface area contributed by atoms with Gasteiger partial charge in [-0.05, 0) is 24.1 Å². The second-order valence-corrected chi connectivity index (χ2v) is 4.08. The number of hydrogen-bond acceptors (Lipinski definition) is 1. The van der Waals surface area contributed by atoms with E-state index < -0.39 is 0 Å². The minimum Gasteiger partial charge on any atom is -0.294 e. The van der Waals surface area contributed by atoms with E-state index in [-0.39, 0.29) is 5.78 Å². The monoisotopic (exact) mass is 274 g/mol. The van der Waals surface area contributed by atoms with Crippen molar-refractivity contribution in [3.8, 4) is 0 Å². The Morgan fingerprint density at radius 1 is 1.50 bits per heavy atom. The van der Waals surface area contributed by atoms with E-state index in [9.17, 15) is 4.79 Å². The van der Waals surface area contributed by atoms with Crippen LogP contribution in [0.5, 0.6) is 0 Å². The zero-order valence-electron chi connectivity index (χ0n) is 8.02. The fourth-order valence-electron chi connectivity index (χ4n) is 1.27. The fraction of sp³-hybridized carbons (Fsp3) is 0.364. The van der Waals surface area contributed by atoms with Gasteiger partial charge in [0.2, 0.25) is 0 Å². The van der Waals surface area contributed by atoms with Crippen molar-refractivity contribution in [2.45, 2.75) is 18.7 Å². The molecule has 0 spiro atoms. The molecule has 0 bridgehead atoms. The number of benzene rings is 1. The molecule has 1 aromatic carbocycles. The minimum absolute atomic E-state index is 0.125. The molecule has 76 valence electrons. The smallest absolute Gasteiger partial charge is 0.164 e. The van der Waals surface area contributed by atoms with E-state index in [4.69, 9.17) is 11.6 Å². The number of halogens is 2. The van der Waals surface area contributed by atoms with E-state index in [1.807, 2.05) is 25.1 Å². The third kappa shape index (κ3) is 2.82. The van der Waals surface area contributed by atoms with Crippen molar-refractivity contribution in [1.82, 2.24) is 0 Å². The van der Waals surface area contributed by atoms with Gasteiger partial charge in [0.05, 0.1) is 0 Å². The van der Waals surface area contributed by atoms with Gasteiger partial charge >= 0.3 is 0 Å². The van der Waals surface area contributed by atoms with Crippen LogP contribution in [0.25, 0.3) is 0 Å². The Hall–Kier alpha value is -0.340. The molecule has 0 saturated carbocycles. The zero-order chi connectivity index (χ0) is 10.6. The summed E-state index contributed by atoms with van der Waals surface area (Å²) in [5, 5.41) is 0.772. The Morgan fingerprint density at radius 3 is 2.79 bits per heavy atom. The molecule has 0 unspecified atom stereocenters. The maximum absolute atomic E-state index is 11.6. The molecule has 0 aliphatic carbocycles. The van der Waals surface area contributed by atoms with E-state index >= 15 is 0 Å². The van der Waals surface area contributed by atoms with Gasteiger partial charge in [0, 0.05) is 23.2 Å². The SMILES string of the molecule is Cc1ccc(CBr)cc1C(=O)CCCl. The van der Waals surface area contributed by atoms with Crippen molar-refractivity contribution >= 4 is 33.3 Å². The summed E-state index contributed by atoms with van der Waals surface area (Å²) in [7, 11) is 0. The van der Waals surface area contributed by atoms with Crippen molar-refractivity contribution in [3.05, 3.63) is 34.9 Å². The summed E-state index contributed by atoms with van der Waals surface area (Å²) in [4.78, 5) is 11.6. The van der Waals surface area contributed by atoms with E-state index in [2.05, 4.69) is 15.9 Å². The number of carbonyl (C=O) groups excluding carboxylic acids is 1. The maximum Gasteiger partial charge on any atom is 0.164 e. The van der Waals surface area contributed by atoms with Crippen LogP contribution in [0, 0.1) is 6.92 Å². The lowest BCUT2D eigenvalue weighted by molar-refractivity contribution is 0.0988. The van der Waals surface area contributed by atoms with E-state index in [0.29, 0.717) is 12.3 Å². The molecular formula is C11H12BrClO. The molecule has 0 saturated heterocycles. The first kappa shape index (κ1) is 11.7. The second kappa shape index (κ2) is 5.52. The van der Waals surface area contributed by atoms with Gasteiger partial charge in [-0.3, -0.25) is 4.79 Å². The maximum atomic E-state index is 11.6. The predicted octanol–water partition coefficient (Wildman–Crippen LogP) is 3.70. The third-order valence-electron chi connectivity index (χ3n) is 2.08. The summed E-state index contributed by atoms with van der Waals surface area (Å²) in [6.45, 7) is 1.94. The minimum atomic E-state index is 0.125. The Kier molecular flexibility index (Phi) is 4.63. The lowest BCUT2D eigenvalue weighted by Gasteiger charge is -2.05. The standard InChI is InChI=1S/C11H12BrClO/c1-8-2-3-9(7-12)6-10(8)11(14)4-5-13/h2-3,6H,4-5,7H2,1H3. The molecule has 0 aliphatic rings. The van der Waals surface area contributed by atoms with Crippen LogP contribution >= 0.6 is 27.5 Å². The highest BCUT2D eigenvalue weighted by Gasteiger charge is 2.08. The number of alkyl halides is 2. The first-order chi connectivity index (χ1) is 6.69. The van der Waals surface area contributed by atoms with Crippen LogP contribution in [0.1, 0.15) is 27.9 Å². The summed E-state index contributed by atoms with van der Waals surface area (Å²) < 4.78 is 0. The van der Waals surface area contributed by atoms with Crippen molar-refractivity contribution in [1.29, 1.82) is 0 Å². The fourth-order valence-corrected chi connectivity index (χ4v) is 1.79. The number of ketones is 1. The molecule has 3 heteroatoms. The van der Waals surface area contributed by atoms with Crippen molar-refractivity contribution < 1.29 is 4.79 Å². The van der Waals surface area contributed by atoms with Gasteiger partial charge in [0.25, 0.3) is 0 Å². The normalized spacial score (nSPS) is 10.2. The lowest BCUT2D eigenvalue weighted by atomic mass is 10.0. The van der Waals surface area contributed by atoms with Gasteiger partial charge in [0.15, 0.2) is 5.78 Å². The molecule has 1 aromatic rings. The summed E-state index contributed by atoms with van der Waals surface area (Å²) in [5.41, 5.74) is 2.93. The van der Waals surface area contributed by atoms with Crippen LogP contribution in [0.3, 0.4) is 0 Å². The quantitative estimate of drug-likeness (QED) is 0.605. The molecule has 0 atom stereocenters. The molecule has 0 radical (unpaired) electrons. The number of aryl methyl sites for hydroxylation is 1. The van der Waals surface area contributed by atoms with E-state index in [1.165, 1.54) is 0 Å². The molecule has 1 rings (SSSR count). The van der Waals surface area contributed by atoms with Crippen LogP contribution in [0.2, 0.25) is 0 Å². The van der Waals surface area contributed by atoms with Gasteiger partial charge in [-0.25, -0.2) is 0 Å². The molecule has 14 heavy (non-hydrogen) atoms. The first-order valence-corrected chi connectivity index (χ1v) is 6.09. The van der Waals surface area contributed by atoms with E-state index in [1.54, 1.807) is 0 Å². The Balaban J connectivity index is 2.99. The van der Waals surface area contributed by atoms with Gasteiger partial charge in [-0.2, -0.15) is 0 Å². The third-order valence-corrected chi connectivity index (χ3v) is 2.91. The number of hydrogen-bond donors (Lipinski definition) is 0. The molecule has 0 aliphatic heterocycles. The molecule has 0 fully saturated rings. The Morgan fingerprint density at radius 2 is 2.21 bits per heavy atom. The van der Waals surface area contributed by atoms with E-state index in [0.717, 1.165) is 22.0 Å². The average Bonchev–Trinajstić information content (AvgIpc) is 2.19. The summed E-state index contributed by atoms with van der Waals surface area (Å²) in [6, 6.07) is 5.92. The summed E-state index contributed by atoms with van der Waals surface area (Å²) >= 11 is 8.91. The topological polar surface area (TPSA) is 17.1 Å². The van der Waals surface area contributed by atoms with Gasteiger partial charge in [0.1, 0.15) is 0 Å². The molecule has 0 heterocycles. The first-order valence-electron chi connectivity index (χ1n) is 4.43. The summed E-state index contributed by atoms with van der Waals surface area (Å²) in [6.07, 6.45) is 0.411. The van der Waals surface area contributed by atoms with Crippen molar-refractivity contribution in [2.75, 3.05) is 5.88 Å². The molecule has 1 nitrogen and oxygen atoms in total. The lowest BCUT2D eigenvalue weighted by Crippen LogP contribution is -2.03. The molecule has 0 amide bonds. The predicted molar refractivity (Wildman–Crippen MR) is 63.5 cm³/mol.